The Labute approximate surface area is 561 Å². The Bertz CT molecular complexity index is 6530. The monoisotopic (exact) mass is 1250 g/mol. The molecule has 0 atom stereocenters. The van der Waals surface area contributed by atoms with Crippen molar-refractivity contribution in [1.82, 2.24) is 48.2 Å². The standard InChI is InChI=1S/C88H54N10/c1-4-20-55(21-5-1)56-36-40-61(41-37-56)85-89-83(59-23-6-2-7-24-59)91-87(93-85)97-77-35-19-15-31-70(77)72-53-64(46-50-79(72)97)96-76-34-18-14-30-69(76)71-52-63(45-48-78(71)96)57-38-42-62(43-39-57)86-90-84(60-25-8-3-9-26-60)92-88(94-86)98-80-51-47-65(54-73(80)82-66-27-11-10-22-58(66)44-49-81(82)98)95-74-32-16-12-28-67(74)68-29-13-17-33-75(68)95/h1-54H. The predicted molar refractivity (Wildman–Crippen MR) is 401 cm³/mol. The Morgan fingerprint density at radius 2 is 0.480 bits per heavy atom. The van der Waals surface area contributed by atoms with Gasteiger partial charge in [-0.2, -0.15) is 19.9 Å². The highest BCUT2D eigenvalue weighted by Crippen LogP contribution is 2.43. The van der Waals surface area contributed by atoms with E-state index in [-0.39, 0.29) is 0 Å². The van der Waals surface area contributed by atoms with Crippen LogP contribution in [0.5, 0.6) is 0 Å². The molecule has 6 aromatic heterocycles. The molecule has 0 fully saturated rings. The second-order valence-electron chi connectivity index (χ2n) is 25.0. The lowest BCUT2D eigenvalue weighted by atomic mass is 10.0. The van der Waals surface area contributed by atoms with E-state index in [4.69, 9.17) is 29.9 Å². The van der Waals surface area contributed by atoms with Crippen molar-refractivity contribution in [2.24, 2.45) is 0 Å². The highest BCUT2D eigenvalue weighted by molar-refractivity contribution is 6.22. The van der Waals surface area contributed by atoms with Crippen LogP contribution in [0, 0.1) is 0 Å². The second kappa shape index (κ2) is 22.1. The van der Waals surface area contributed by atoms with Crippen molar-refractivity contribution in [2.75, 3.05) is 0 Å². The summed E-state index contributed by atoms with van der Waals surface area (Å²) in [6.07, 6.45) is 0. The first-order valence-electron chi connectivity index (χ1n) is 33.0. The molecule has 0 bridgehead atoms. The van der Waals surface area contributed by atoms with Crippen molar-refractivity contribution >= 4 is 98.0 Å². The maximum absolute atomic E-state index is 5.43. The van der Waals surface area contributed by atoms with Crippen LogP contribution in [0.1, 0.15) is 0 Å². The average molecular weight is 1250 g/mol. The topological polar surface area (TPSA) is 97.1 Å². The molecule has 6 heterocycles. The van der Waals surface area contributed by atoms with E-state index < -0.39 is 0 Å². The van der Waals surface area contributed by atoms with Crippen LogP contribution < -0.4 is 0 Å². The van der Waals surface area contributed by atoms with Crippen molar-refractivity contribution in [3.63, 3.8) is 0 Å². The smallest absolute Gasteiger partial charge is 0.238 e. The SMILES string of the molecule is c1ccc(-c2ccc(-c3nc(-c4ccccc4)nc(-n4c5ccccc5c5cc(-n6c7ccccc7c7cc(-c8ccc(-c9nc(-c%10ccccc%10)nc(-n%10c%11ccc(-n%12c%13ccccc%13c%13ccccc%13%12)cc%11c%11c%12ccccc%12ccc%11%10)n9)cc8)ccc76)ccc54)n3)cc2)cc1. The van der Waals surface area contributed by atoms with Crippen molar-refractivity contribution in [1.29, 1.82) is 0 Å². The Balaban J connectivity index is 0.683. The minimum Gasteiger partial charge on any atom is -0.309 e. The third-order valence-electron chi connectivity index (χ3n) is 19.5. The van der Waals surface area contributed by atoms with Crippen molar-refractivity contribution in [2.45, 2.75) is 0 Å². The molecule has 0 unspecified atom stereocenters. The summed E-state index contributed by atoms with van der Waals surface area (Å²) in [6.45, 7) is 0. The van der Waals surface area contributed by atoms with Gasteiger partial charge in [0, 0.05) is 76.7 Å². The van der Waals surface area contributed by atoms with Crippen LogP contribution >= 0.6 is 0 Å². The van der Waals surface area contributed by atoms with E-state index in [2.05, 4.69) is 303 Å². The molecular weight excluding hydrogens is 1200 g/mol. The van der Waals surface area contributed by atoms with Crippen LogP contribution in [-0.4, -0.2) is 48.2 Å². The molecule has 98 heavy (non-hydrogen) atoms. The lowest BCUT2D eigenvalue weighted by Gasteiger charge is -2.12. The third kappa shape index (κ3) is 8.82. The molecular formula is C88H54N10. The van der Waals surface area contributed by atoms with Gasteiger partial charge in [-0.15, -0.1) is 0 Å². The molecule has 20 rings (SSSR count). The molecule has 14 aromatic carbocycles. The second-order valence-corrected chi connectivity index (χ2v) is 25.0. The van der Waals surface area contributed by atoms with Gasteiger partial charge in [0.25, 0.3) is 0 Å². The van der Waals surface area contributed by atoms with Gasteiger partial charge in [-0.1, -0.05) is 249 Å². The number of hydrogen-bond acceptors (Lipinski definition) is 6. The number of fused-ring (bicyclic) bond motifs is 14. The molecule has 0 aliphatic heterocycles. The minimum atomic E-state index is 0.542. The van der Waals surface area contributed by atoms with Crippen LogP contribution in [0.25, 0.3) is 189 Å². The highest BCUT2D eigenvalue weighted by atomic mass is 15.2. The molecule has 0 aliphatic carbocycles. The lowest BCUT2D eigenvalue weighted by molar-refractivity contribution is 0.953. The van der Waals surface area contributed by atoms with E-state index in [1.54, 1.807) is 0 Å². The zero-order chi connectivity index (χ0) is 64.4. The van der Waals surface area contributed by atoms with E-state index in [9.17, 15) is 0 Å². The van der Waals surface area contributed by atoms with Crippen LogP contribution in [0.15, 0.2) is 328 Å². The molecule has 0 aliphatic rings. The quantitative estimate of drug-likeness (QED) is 0.135. The Kier molecular flexibility index (Phi) is 12.4. The van der Waals surface area contributed by atoms with Gasteiger partial charge < -0.3 is 9.13 Å². The number of para-hydroxylation sites is 4. The van der Waals surface area contributed by atoms with Gasteiger partial charge in [-0.05, 0) is 112 Å². The molecule has 20 aromatic rings. The molecule has 0 saturated carbocycles. The fourth-order valence-corrected chi connectivity index (χ4v) is 15.0. The van der Waals surface area contributed by atoms with Gasteiger partial charge >= 0.3 is 0 Å². The van der Waals surface area contributed by atoms with E-state index >= 15 is 0 Å². The predicted octanol–water partition coefficient (Wildman–Crippen LogP) is 21.6. The van der Waals surface area contributed by atoms with E-state index in [0.717, 1.165) is 132 Å². The first-order valence-corrected chi connectivity index (χ1v) is 33.0. The van der Waals surface area contributed by atoms with Crippen LogP contribution in [-0.2, 0) is 0 Å². The first kappa shape index (κ1) is 55.1. The molecule has 10 heteroatoms. The van der Waals surface area contributed by atoms with Crippen molar-refractivity contribution in [3.8, 4) is 91.1 Å². The van der Waals surface area contributed by atoms with Crippen LogP contribution in [0.3, 0.4) is 0 Å². The Hall–Kier alpha value is -13.4. The Morgan fingerprint density at radius 3 is 0.990 bits per heavy atom. The van der Waals surface area contributed by atoms with Crippen LogP contribution in [0.4, 0.5) is 0 Å². The normalized spacial score (nSPS) is 11.9. The largest absolute Gasteiger partial charge is 0.309 e. The number of hydrogen-bond donors (Lipinski definition) is 0. The number of aromatic nitrogens is 10. The summed E-state index contributed by atoms with van der Waals surface area (Å²) < 4.78 is 9.19. The summed E-state index contributed by atoms with van der Waals surface area (Å²) >= 11 is 0. The molecule has 0 N–H and O–H groups in total. The fraction of sp³-hybridized carbons (Fsp3) is 0. The zero-order valence-electron chi connectivity index (χ0n) is 52.6. The average Bonchev–Trinajstić information content (AvgIpc) is 1.57. The van der Waals surface area contributed by atoms with E-state index in [1.807, 2.05) is 42.5 Å². The molecule has 0 saturated heterocycles. The summed E-state index contributed by atoms with van der Waals surface area (Å²) in [5.74, 6) is 3.47. The minimum absolute atomic E-state index is 0.542. The number of nitrogens with zero attached hydrogens (tertiary/aromatic N) is 10. The number of benzene rings is 14. The van der Waals surface area contributed by atoms with E-state index in [0.29, 0.717) is 35.2 Å². The summed E-state index contributed by atoms with van der Waals surface area (Å²) in [4.78, 5) is 31.7. The maximum atomic E-state index is 5.43. The van der Waals surface area contributed by atoms with Gasteiger partial charge in [0.2, 0.25) is 11.9 Å². The van der Waals surface area contributed by atoms with Gasteiger partial charge in [-0.25, -0.2) is 9.97 Å². The van der Waals surface area contributed by atoms with Crippen molar-refractivity contribution < 1.29 is 0 Å². The summed E-state index contributed by atoms with van der Waals surface area (Å²) in [7, 11) is 0. The molecule has 0 spiro atoms. The van der Waals surface area contributed by atoms with E-state index in [1.165, 1.54) is 21.5 Å². The zero-order valence-corrected chi connectivity index (χ0v) is 52.6. The maximum Gasteiger partial charge on any atom is 0.238 e. The molecule has 456 valence electrons. The summed E-state index contributed by atoms with van der Waals surface area (Å²) in [6, 6.07) is 116. The Morgan fingerprint density at radius 1 is 0.173 bits per heavy atom. The van der Waals surface area contributed by atoms with Gasteiger partial charge in [0.1, 0.15) is 0 Å². The summed E-state index contributed by atoms with van der Waals surface area (Å²) in [5.41, 5.74) is 18.8. The highest BCUT2D eigenvalue weighted by Gasteiger charge is 2.24. The van der Waals surface area contributed by atoms with Gasteiger partial charge in [-0.3, -0.25) is 9.13 Å². The first-order chi connectivity index (χ1) is 48.6. The van der Waals surface area contributed by atoms with Crippen LogP contribution in [0.2, 0.25) is 0 Å². The van der Waals surface area contributed by atoms with Gasteiger partial charge in [0.15, 0.2) is 23.3 Å². The van der Waals surface area contributed by atoms with Crippen molar-refractivity contribution in [3.05, 3.63) is 328 Å². The molecule has 0 amide bonds. The third-order valence-corrected chi connectivity index (χ3v) is 19.5. The lowest BCUT2D eigenvalue weighted by Crippen LogP contribution is -2.06. The molecule has 10 nitrogen and oxygen atoms in total. The molecule has 0 radical (unpaired) electrons. The summed E-state index contributed by atoms with van der Waals surface area (Å²) in [5, 5.41) is 11.5. The fourth-order valence-electron chi connectivity index (χ4n) is 15.0. The number of rotatable bonds is 10. The van der Waals surface area contributed by atoms with Gasteiger partial charge in [0.05, 0.1) is 44.1 Å².